The number of hydrogen-bond donors (Lipinski definition) is 0. The Bertz CT molecular complexity index is 401. The van der Waals surface area contributed by atoms with Crippen LogP contribution >= 0.6 is 0 Å². The van der Waals surface area contributed by atoms with Crippen LogP contribution in [0.2, 0.25) is 0 Å². The third-order valence-electron chi connectivity index (χ3n) is 3.59. The first-order valence-corrected chi connectivity index (χ1v) is 7.43. The fourth-order valence-corrected chi connectivity index (χ4v) is 2.49. The third kappa shape index (κ3) is 4.62. The molecule has 0 spiro atoms. The summed E-state index contributed by atoms with van der Waals surface area (Å²) in [5.74, 6) is -0.341. The summed E-state index contributed by atoms with van der Waals surface area (Å²) in [6.07, 6.45) is 4.61. The van der Waals surface area contributed by atoms with Crippen molar-refractivity contribution in [1.82, 2.24) is 4.90 Å². The lowest BCUT2D eigenvalue weighted by Crippen LogP contribution is -2.41. The van der Waals surface area contributed by atoms with Crippen molar-refractivity contribution in [3.63, 3.8) is 0 Å². The predicted octanol–water partition coefficient (Wildman–Crippen LogP) is 2.93. The zero-order valence-electron chi connectivity index (χ0n) is 12.1. The predicted molar refractivity (Wildman–Crippen MR) is 76.8 cm³/mol. The molecular formula is C16H23NO3. The largest absolute Gasteiger partial charge is 0.346 e. The molecule has 110 valence electrons. The summed E-state index contributed by atoms with van der Waals surface area (Å²) in [7, 11) is 0. The summed E-state index contributed by atoms with van der Waals surface area (Å²) >= 11 is 0. The average molecular weight is 277 g/mol. The van der Waals surface area contributed by atoms with Gasteiger partial charge in [0.25, 0.3) is 0 Å². The number of carbonyl (C=O) groups excluding carboxylic acids is 1. The molecule has 20 heavy (non-hydrogen) atoms. The van der Waals surface area contributed by atoms with Crippen LogP contribution in [0.5, 0.6) is 0 Å². The van der Waals surface area contributed by atoms with Crippen LogP contribution in [-0.4, -0.2) is 30.2 Å². The molecule has 4 nitrogen and oxygen atoms in total. The van der Waals surface area contributed by atoms with E-state index >= 15 is 0 Å². The van der Waals surface area contributed by atoms with E-state index in [1.807, 2.05) is 37.3 Å². The molecule has 1 fully saturated rings. The van der Waals surface area contributed by atoms with E-state index in [1.54, 1.807) is 0 Å². The van der Waals surface area contributed by atoms with Gasteiger partial charge in [0, 0.05) is 13.1 Å². The van der Waals surface area contributed by atoms with Crippen LogP contribution in [0.25, 0.3) is 0 Å². The summed E-state index contributed by atoms with van der Waals surface area (Å²) in [5.41, 5.74) is 0.937. The van der Waals surface area contributed by atoms with Gasteiger partial charge >= 0.3 is 5.97 Å². The second kappa shape index (κ2) is 8.02. The van der Waals surface area contributed by atoms with Crippen molar-refractivity contribution in [3.05, 3.63) is 35.9 Å². The first-order valence-electron chi connectivity index (χ1n) is 7.43. The number of likely N-dealkylation sites (tertiary alicyclic amines) is 1. The van der Waals surface area contributed by atoms with Gasteiger partial charge in [-0.15, -0.1) is 0 Å². The van der Waals surface area contributed by atoms with E-state index in [2.05, 4.69) is 4.90 Å². The number of nitrogens with zero attached hydrogens (tertiary/aromatic N) is 1. The van der Waals surface area contributed by atoms with E-state index in [9.17, 15) is 4.79 Å². The number of piperidine rings is 1. The van der Waals surface area contributed by atoms with Crippen molar-refractivity contribution in [2.45, 2.75) is 45.3 Å². The molecule has 0 aromatic heterocycles. The molecule has 0 amide bonds. The van der Waals surface area contributed by atoms with Crippen LogP contribution in [-0.2, 0) is 21.0 Å². The topological polar surface area (TPSA) is 38.8 Å². The van der Waals surface area contributed by atoms with E-state index in [0.29, 0.717) is 0 Å². The molecule has 0 aliphatic carbocycles. The molecule has 2 rings (SSSR count). The summed E-state index contributed by atoms with van der Waals surface area (Å²) in [6, 6.07) is 9.55. The van der Waals surface area contributed by atoms with Crippen LogP contribution in [0.3, 0.4) is 0 Å². The molecule has 0 bridgehead atoms. The molecule has 1 unspecified atom stereocenters. The summed E-state index contributed by atoms with van der Waals surface area (Å²) < 4.78 is 0. The van der Waals surface area contributed by atoms with Crippen LogP contribution < -0.4 is 0 Å². The van der Waals surface area contributed by atoms with Gasteiger partial charge in [-0.25, -0.2) is 4.79 Å². The standard InChI is InChI=1S/C16H23NO3/c1-2-15(17-11-7-4-8-12-17)19-20-16(18)13-14-9-5-3-6-10-14/h3,5-6,9-10,15H,2,4,7-8,11-13H2,1H3. The summed E-state index contributed by atoms with van der Waals surface area (Å²) in [4.78, 5) is 24.3. The Kier molecular flexibility index (Phi) is 6.02. The fraction of sp³-hybridized carbons (Fsp3) is 0.562. The molecular weight excluding hydrogens is 254 g/mol. The Labute approximate surface area is 120 Å². The number of carbonyl (C=O) groups is 1. The number of rotatable bonds is 6. The molecule has 1 heterocycles. The minimum absolute atomic E-state index is 0.116. The van der Waals surface area contributed by atoms with Crippen molar-refractivity contribution in [2.24, 2.45) is 0 Å². The van der Waals surface area contributed by atoms with Gasteiger partial charge in [-0.1, -0.05) is 43.7 Å². The van der Waals surface area contributed by atoms with Gasteiger partial charge in [0.15, 0.2) is 6.23 Å². The van der Waals surface area contributed by atoms with Crippen molar-refractivity contribution >= 4 is 5.97 Å². The minimum Gasteiger partial charge on any atom is -0.296 e. The summed E-state index contributed by atoms with van der Waals surface area (Å²) in [5, 5.41) is 0. The molecule has 1 atom stereocenters. The van der Waals surface area contributed by atoms with Crippen molar-refractivity contribution in [3.8, 4) is 0 Å². The van der Waals surface area contributed by atoms with Gasteiger partial charge in [0.2, 0.25) is 0 Å². The molecule has 1 aliphatic rings. The van der Waals surface area contributed by atoms with E-state index in [-0.39, 0.29) is 18.6 Å². The second-order valence-electron chi connectivity index (χ2n) is 5.17. The third-order valence-corrected chi connectivity index (χ3v) is 3.59. The SMILES string of the molecule is CCC(OOC(=O)Cc1ccccc1)N1CCCCC1. The maximum absolute atomic E-state index is 11.7. The Morgan fingerprint density at radius 1 is 1.20 bits per heavy atom. The fourth-order valence-electron chi connectivity index (χ4n) is 2.49. The lowest BCUT2D eigenvalue weighted by molar-refractivity contribution is -0.325. The van der Waals surface area contributed by atoms with Gasteiger partial charge in [0.05, 0.1) is 6.42 Å². The average Bonchev–Trinajstić information content (AvgIpc) is 2.50. The number of hydrogen-bond acceptors (Lipinski definition) is 4. The van der Waals surface area contributed by atoms with E-state index in [0.717, 1.165) is 25.1 Å². The zero-order valence-corrected chi connectivity index (χ0v) is 12.1. The van der Waals surface area contributed by atoms with Gasteiger partial charge in [0.1, 0.15) is 0 Å². The lowest BCUT2D eigenvalue weighted by atomic mass is 10.1. The van der Waals surface area contributed by atoms with E-state index < -0.39 is 0 Å². The molecule has 1 aliphatic heterocycles. The smallest absolute Gasteiger partial charge is 0.296 e. The number of benzene rings is 1. The maximum Gasteiger partial charge on any atom is 0.346 e. The first kappa shape index (κ1) is 15.0. The lowest BCUT2D eigenvalue weighted by Gasteiger charge is -2.32. The Balaban J connectivity index is 1.76. The van der Waals surface area contributed by atoms with Gasteiger partial charge in [-0.05, 0) is 24.8 Å². The van der Waals surface area contributed by atoms with Crippen LogP contribution in [0.1, 0.15) is 38.2 Å². The second-order valence-corrected chi connectivity index (χ2v) is 5.17. The highest BCUT2D eigenvalue weighted by Gasteiger charge is 2.22. The molecule has 0 N–H and O–H groups in total. The normalized spacial score (nSPS) is 17.6. The van der Waals surface area contributed by atoms with E-state index in [1.165, 1.54) is 19.3 Å². The molecule has 0 radical (unpaired) electrons. The van der Waals surface area contributed by atoms with Gasteiger partial charge in [-0.3, -0.25) is 9.79 Å². The first-order chi connectivity index (χ1) is 9.79. The van der Waals surface area contributed by atoms with Crippen LogP contribution in [0.4, 0.5) is 0 Å². The maximum atomic E-state index is 11.7. The quantitative estimate of drug-likeness (QED) is 0.592. The monoisotopic (exact) mass is 277 g/mol. The van der Waals surface area contributed by atoms with E-state index in [4.69, 9.17) is 9.78 Å². The highest BCUT2D eigenvalue weighted by Crippen LogP contribution is 2.15. The molecule has 0 saturated carbocycles. The highest BCUT2D eigenvalue weighted by atomic mass is 17.2. The molecule has 1 saturated heterocycles. The van der Waals surface area contributed by atoms with Gasteiger partial charge in [-0.2, -0.15) is 4.89 Å². The minimum atomic E-state index is -0.341. The van der Waals surface area contributed by atoms with Gasteiger partial charge < -0.3 is 0 Å². The Morgan fingerprint density at radius 2 is 1.90 bits per heavy atom. The summed E-state index contributed by atoms with van der Waals surface area (Å²) in [6.45, 7) is 4.09. The van der Waals surface area contributed by atoms with Crippen molar-refractivity contribution in [1.29, 1.82) is 0 Å². The van der Waals surface area contributed by atoms with Crippen molar-refractivity contribution in [2.75, 3.05) is 13.1 Å². The van der Waals surface area contributed by atoms with Crippen LogP contribution in [0.15, 0.2) is 30.3 Å². The molecule has 1 aromatic rings. The van der Waals surface area contributed by atoms with Crippen LogP contribution in [0, 0.1) is 0 Å². The Hall–Kier alpha value is -1.39. The molecule has 1 aromatic carbocycles. The zero-order chi connectivity index (χ0) is 14.2. The Morgan fingerprint density at radius 3 is 2.55 bits per heavy atom. The molecule has 4 heteroatoms. The van der Waals surface area contributed by atoms with Crippen molar-refractivity contribution < 1.29 is 14.6 Å². The highest BCUT2D eigenvalue weighted by molar-refractivity contribution is 5.71.